The van der Waals surface area contributed by atoms with Gasteiger partial charge in [0, 0.05) is 29.7 Å². The SMILES string of the molecule is Fc1cc2[nH]cc(CCNCc3cccc(OCC(F)F)c3)c2cc1F. The molecule has 138 valence electrons. The fraction of sp³-hybridized carbons (Fsp3) is 0.263. The molecule has 26 heavy (non-hydrogen) atoms. The van der Waals surface area contributed by atoms with Crippen molar-refractivity contribution in [3.05, 3.63) is 65.4 Å². The van der Waals surface area contributed by atoms with E-state index in [9.17, 15) is 17.6 Å². The number of hydrogen-bond donors (Lipinski definition) is 2. The number of ether oxygens (including phenoxy) is 1. The van der Waals surface area contributed by atoms with Crippen LogP contribution in [0.25, 0.3) is 10.9 Å². The maximum absolute atomic E-state index is 13.4. The molecule has 3 nitrogen and oxygen atoms in total. The molecule has 0 radical (unpaired) electrons. The Kier molecular flexibility index (Phi) is 5.78. The van der Waals surface area contributed by atoms with Gasteiger partial charge < -0.3 is 15.0 Å². The van der Waals surface area contributed by atoms with Crippen molar-refractivity contribution in [1.29, 1.82) is 0 Å². The minimum absolute atomic E-state index is 0.402. The topological polar surface area (TPSA) is 37.0 Å². The molecule has 0 aliphatic heterocycles. The highest BCUT2D eigenvalue weighted by atomic mass is 19.3. The number of aromatic nitrogens is 1. The van der Waals surface area contributed by atoms with Crippen LogP contribution in [-0.2, 0) is 13.0 Å². The third-order valence-electron chi connectivity index (χ3n) is 3.98. The van der Waals surface area contributed by atoms with Gasteiger partial charge in [0.15, 0.2) is 11.6 Å². The van der Waals surface area contributed by atoms with E-state index in [1.165, 1.54) is 6.07 Å². The van der Waals surface area contributed by atoms with Crippen molar-refractivity contribution >= 4 is 10.9 Å². The van der Waals surface area contributed by atoms with E-state index in [0.29, 0.717) is 36.2 Å². The molecule has 0 aliphatic rings. The van der Waals surface area contributed by atoms with Gasteiger partial charge in [0.05, 0.1) is 0 Å². The van der Waals surface area contributed by atoms with Gasteiger partial charge >= 0.3 is 0 Å². The summed E-state index contributed by atoms with van der Waals surface area (Å²) in [6, 6.07) is 9.29. The van der Waals surface area contributed by atoms with E-state index in [4.69, 9.17) is 4.74 Å². The molecule has 2 aromatic carbocycles. The average molecular weight is 366 g/mol. The first-order valence-electron chi connectivity index (χ1n) is 8.18. The first-order valence-corrected chi connectivity index (χ1v) is 8.18. The van der Waals surface area contributed by atoms with Crippen LogP contribution in [0.5, 0.6) is 5.75 Å². The molecule has 0 unspecified atom stereocenters. The third kappa shape index (κ3) is 4.54. The molecule has 0 atom stereocenters. The predicted molar refractivity (Wildman–Crippen MR) is 91.6 cm³/mol. The average Bonchev–Trinajstić information content (AvgIpc) is 2.99. The van der Waals surface area contributed by atoms with Crippen LogP contribution < -0.4 is 10.1 Å². The maximum atomic E-state index is 13.4. The van der Waals surface area contributed by atoms with Crippen molar-refractivity contribution in [3.8, 4) is 5.75 Å². The molecule has 3 rings (SSSR count). The van der Waals surface area contributed by atoms with Crippen molar-refractivity contribution in [2.24, 2.45) is 0 Å². The van der Waals surface area contributed by atoms with Crippen molar-refractivity contribution in [2.45, 2.75) is 19.4 Å². The summed E-state index contributed by atoms with van der Waals surface area (Å²) in [7, 11) is 0. The number of H-pyrrole nitrogens is 1. The van der Waals surface area contributed by atoms with Gasteiger partial charge in [-0.2, -0.15) is 0 Å². The van der Waals surface area contributed by atoms with E-state index in [1.54, 1.807) is 24.4 Å². The van der Waals surface area contributed by atoms with E-state index >= 15 is 0 Å². The van der Waals surface area contributed by atoms with E-state index in [-0.39, 0.29) is 0 Å². The summed E-state index contributed by atoms with van der Waals surface area (Å²) >= 11 is 0. The van der Waals surface area contributed by atoms with E-state index in [0.717, 1.165) is 17.2 Å². The fourth-order valence-electron chi connectivity index (χ4n) is 2.74. The molecule has 0 bridgehead atoms. The molecule has 1 aromatic heterocycles. The summed E-state index contributed by atoms with van der Waals surface area (Å²) < 4.78 is 56.0. The number of benzene rings is 2. The summed E-state index contributed by atoms with van der Waals surface area (Å²) in [5, 5.41) is 3.90. The molecule has 7 heteroatoms. The number of halogens is 4. The van der Waals surface area contributed by atoms with Crippen LogP contribution in [0.2, 0.25) is 0 Å². The van der Waals surface area contributed by atoms with Crippen LogP contribution >= 0.6 is 0 Å². The summed E-state index contributed by atoms with van der Waals surface area (Å²) in [4.78, 5) is 2.93. The number of rotatable bonds is 8. The fourth-order valence-corrected chi connectivity index (χ4v) is 2.74. The van der Waals surface area contributed by atoms with Crippen molar-refractivity contribution < 1.29 is 22.3 Å². The summed E-state index contributed by atoms with van der Waals surface area (Å²) in [5.74, 6) is -1.34. The van der Waals surface area contributed by atoms with Gasteiger partial charge in [-0.25, -0.2) is 17.6 Å². The zero-order valence-corrected chi connectivity index (χ0v) is 13.9. The van der Waals surface area contributed by atoms with Crippen LogP contribution in [-0.4, -0.2) is 24.6 Å². The van der Waals surface area contributed by atoms with E-state index < -0.39 is 24.7 Å². The lowest BCUT2D eigenvalue weighted by molar-refractivity contribution is 0.0818. The minimum atomic E-state index is -2.51. The van der Waals surface area contributed by atoms with Gasteiger partial charge in [-0.05, 0) is 42.3 Å². The molecular weight excluding hydrogens is 348 g/mol. The van der Waals surface area contributed by atoms with Crippen molar-refractivity contribution in [3.63, 3.8) is 0 Å². The zero-order valence-electron chi connectivity index (χ0n) is 13.9. The molecule has 0 amide bonds. The lowest BCUT2D eigenvalue weighted by atomic mass is 10.1. The van der Waals surface area contributed by atoms with E-state index in [2.05, 4.69) is 10.3 Å². The predicted octanol–water partition coefficient (Wildman–Crippen LogP) is 4.42. The highest BCUT2D eigenvalue weighted by Gasteiger charge is 2.09. The Labute approximate surface area is 148 Å². The quantitative estimate of drug-likeness (QED) is 0.457. The molecule has 0 aliphatic carbocycles. The van der Waals surface area contributed by atoms with Crippen LogP contribution in [0.15, 0.2) is 42.6 Å². The summed E-state index contributed by atoms with van der Waals surface area (Å²) in [6.45, 7) is 0.528. The minimum Gasteiger partial charge on any atom is -0.488 e. The first kappa shape index (κ1) is 18.3. The Balaban J connectivity index is 1.53. The van der Waals surface area contributed by atoms with E-state index in [1.807, 2.05) is 6.07 Å². The monoisotopic (exact) mass is 366 g/mol. The summed E-state index contributed by atoms with van der Waals surface area (Å²) in [5.41, 5.74) is 2.35. The number of hydrogen-bond acceptors (Lipinski definition) is 2. The number of fused-ring (bicyclic) bond motifs is 1. The first-order chi connectivity index (χ1) is 12.5. The van der Waals surface area contributed by atoms with Crippen LogP contribution in [0, 0.1) is 11.6 Å². The Morgan fingerprint density at radius 3 is 2.69 bits per heavy atom. The largest absolute Gasteiger partial charge is 0.488 e. The lowest BCUT2D eigenvalue weighted by Gasteiger charge is -2.08. The van der Waals surface area contributed by atoms with Crippen LogP contribution in [0.4, 0.5) is 17.6 Å². The number of alkyl halides is 2. The zero-order chi connectivity index (χ0) is 18.5. The number of aromatic amines is 1. The van der Waals surface area contributed by atoms with Gasteiger partial charge in [0.25, 0.3) is 6.43 Å². The van der Waals surface area contributed by atoms with Gasteiger partial charge in [-0.15, -0.1) is 0 Å². The van der Waals surface area contributed by atoms with Gasteiger partial charge in [0.1, 0.15) is 12.4 Å². The Bertz CT molecular complexity index is 879. The normalized spacial score (nSPS) is 11.4. The highest BCUT2D eigenvalue weighted by molar-refractivity contribution is 5.83. The lowest BCUT2D eigenvalue weighted by Crippen LogP contribution is -2.16. The van der Waals surface area contributed by atoms with Crippen molar-refractivity contribution in [1.82, 2.24) is 10.3 Å². The standard InChI is InChI=1S/C19H18F4N2O/c20-16-7-15-13(10-25-18(15)8-17(16)21)4-5-24-9-12-2-1-3-14(6-12)26-11-19(22)23/h1-3,6-8,10,19,24-25H,4-5,9,11H2. The maximum Gasteiger partial charge on any atom is 0.272 e. The number of nitrogens with one attached hydrogen (secondary N) is 2. The molecule has 2 N–H and O–H groups in total. The summed E-state index contributed by atoms with van der Waals surface area (Å²) in [6.07, 6.45) is -0.136. The molecule has 0 saturated heterocycles. The second kappa shape index (κ2) is 8.23. The molecule has 0 spiro atoms. The van der Waals surface area contributed by atoms with Gasteiger partial charge in [0.2, 0.25) is 0 Å². The Morgan fingerprint density at radius 2 is 1.88 bits per heavy atom. The molecule has 1 heterocycles. The van der Waals surface area contributed by atoms with Crippen LogP contribution in [0.1, 0.15) is 11.1 Å². The van der Waals surface area contributed by atoms with Gasteiger partial charge in [-0.3, -0.25) is 0 Å². The van der Waals surface area contributed by atoms with Gasteiger partial charge in [-0.1, -0.05) is 12.1 Å². The second-order valence-electron chi connectivity index (χ2n) is 5.90. The molecular formula is C19H18F4N2O. The third-order valence-corrected chi connectivity index (χ3v) is 3.98. The second-order valence-corrected chi connectivity index (χ2v) is 5.90. The van der Waals surface area contributed by atoms with Crippen molar-refractivity contribution in [2.75, 3.05) is 13.2 Å². The Morgan fingerprint density at radius 1 is 1.08 bits per heavy atom. The Hall–Kier alpha value is -2.54. The molecule has 0 fully saturated rings. The highest BCUT2D eigenvalue weighted by Crippen LogP contribution is 2.22. The van der Waals surface area contributed by atoms with Crippen LogP contribution in [0.3, 0.4) is 0 Å². The molecule has 0 saturated carbocycles. The molecule has 3 aromatic rings. The smallest absolute Gasteiger partial charge is 0.272 e.